The van der Waals surface area contributed by atoms with E-state index < -0.39 is 0 Å². The number of amidine groups is 1. The quantitative estimate of drug-likeness (QED) is 0.365. The van der Waals surface area contributed by atoms with E-state index in [2.05, 4.69) is 20.3 Å². The average Bonchev–Trinajstić information content (AvgIpc) is 2.40. The number of nitrogens with two attached hydrogens (primary N) is 1. The van der Waals surface area contributed by atoms with Crippen molar-refractivity contribution in [2.75, 3.05) is 0 Å². The molecule has 0 radical (unpaired) electrons. The lowest BCUT2D eigenvalue weighted by atomic mass is 10.3. The zero-order valence-corrected chi connectivity index (χ0v) is 9.50. The van der Waals surface area contributed by atoms with Gasteiger partial charge in [0.25, 0.3) is 0 Å². The molecule has 2 rings (SSSR count). The highest BCUT2D eigenvalue weighted by Gasteiger charge is 2.10. The van der Waals surface area contributed by atoms with Crippen LogP contribution < -0.4 is 5.73 Å². The minimum absolute atomic E-state index is 0.00155. The van der Waals surface area contributed by atoms with Gasteiger partial charge in [0.2, 0.25) is 0 Å². The second-order valence-corrected chi connectivity index (χ2v) is 4.01. The van der Waals surface area contributed by atoms with Gasteiger partial charge in [0, 0.05) is 6.20 Å². The van der Waals surface area contributed by atoms with E-state index in [1.807, 2.05) is 18.2 Å². The first-order chi connectivity index (χ1) is 8.31. The van der Waals surface area contributed by atoms with Gasteiger partial charge in [0.15, 0.2) is 5.84 Å². The third kappa shape index (κ3) is 2.70. The van der Waals surface area contributed by atoms with Crippen molar-refractivity contribution in [1.82, 2.24) is 15.2 Å². The first kappa shape index (κ1) is 11.3. The fraction of sp³-hybridized carbons (Fsp3) is 0. The lowest BCUT2D eigenvalue weighted by Gasteiger charge is -2.04. The smallest absolute Gasteiger partial charge is 0.172 e. The first-order valence-corrected chi connectivity index (χ1v) is 5.51. The topological polar surface area (TPSA) is 97.3 Å². The molecular weight excluding hydrogens is 238 g/mol. The van der Waals surface area contributed by atoms with Gasteiger partial charge in [-0.15, -0.1) is 5.10 Å². The van der Waals surface area contributed by atoms with Gasteiger partial charge in [-0.05, 0) is 30.0 Å². The van der Waals surface area contributed by atoms with Crippen molar-refractivity contribution in [3.63, 3.8) is 0 Å². The molecule has 0 aliphatic rings. The second kappa shape index (κ2) is 5.26. The van der Waals surface area contributed by atoms with Crippen LogP contribution >= 0.6 is 11.8 Å². The largest absolute Gasteiger partial charge is 0.409 e. The molecule has 0 aromatic carbocycles. The number of hydrogen-bond acceptors (Lipinski definition) is 6. The molecule has 0 saturated heterocycles. The van der Waals surface area contributed by atoms with Gasteiger partial charge >= 0.3 is 0 Å². The number of pyridine rings is 1. The minimum atomic E-state index is -0.00155. The van der Waals surface area contributed by atoms with Crippen LogP contribution in [0.1, 0.15) is 5.56 Å². The molecule has 2 heterocycles. The molecule has 6 nitrogen and oxygen atoms in total. The third-order valence-corrected chi connectivity index (χ3v) is 2.86. The van der Waals surface area contributed by atoms with Crippen molar-refractivity contribution in [2.24, 2.45) is 10.9 Å². The van der Waals surface area contributed by atoms with Gasteiger partial charge in [-0.25, -0.2) is 4.98 Å². The summed E-state index contributed by atoms with van der Waals surface area (Å²) in [6, 6.07) is 7.17. The number of rotatable bonds is 3. The van der Waals surface area contributed by atoms with Gasteiger partial charge in [-0.1, -0.05) is 11.2 Å². The average molecular weight is 247 g/mol. The standard InChI is InChI=1S/C10H9N5OS/c11-9(15-16)7-4-6-13-14-10(7)17-8-3-1-2-5-12-8/h1-6,16H,(H2,11,15). The summed E-state index contributed by atoms with van der Waals surface area (Å²) in [6.45, 7) is 0. The summed E-state index contributed by atoms with van der Waals surface area (Å²) in [5, 5.41) is 20.6. The summed E-state index contributed by atoms with van der Waals surface area (Å²) >= 11 is 1.30. The molecule has 86 valence electrons. The SMILES string of the molecule is N/C(=N/O)c1ccnnc1Sc1ccccn1. The zero-order chi connectivity index (χ0) is 12.1. The van der Waals surface area contributed by atoms with E-state index >= 15 is 0 Å². The summed E-state index contributed by atoms with van der Waals surface area (Å²) < 4.78 is 0. The molecule has 7 heteroatoms. The molecule has 0 unspecified atom stereocenters. The molecule has 0 aliphatic carbocycles. The van der Waals surface area contributed by atoms with E-state index in [0.717, 1.165) is 5.03 Å². The maximum absolute atomic E-state index is 8.67. The second-order valence-electron chi connectivity index (χ2n) is 3.01. The van der Waals surface area contributed by atoms with Crippen LogP contribution in [0.5, 0.6) is 0 Å². The van der Waals surface area contributed by atoms with Crippen molar-refractivity contribution in [3.05, 3.63) is 42.2 Å². The zero-order valence-electron chi connectivity index (χ0n) is 8.69. The molecule has 0 bridgehead atoms. The summed E-state index contributed by atoms with van der Waals surface area (Å²) in [4.78, 5) is 4.15. The van der Waals surface area contributed by atoms with E-state index in [1.54, 1.807) is 12.3 Å². The van der Waals surface area contributed by atoms with Gasteiger partial charge in [0.05, 0.1) is 11.8 Å². The van der Waals surface area contributed by atoms with E-state index in [0.29, 0.717) is 10.6 Å². The lowest BCUT2D eigenvalue weighted by Crippen LogP contribution is -2.15. The highest BCUT2D eigenvalue weighted by molar-refractivity contribution is 7.99. The Morgan fingerprint density at radius 1 is 1.29 bits per heavy atom. The summed E-state index contributed by atoms with van der Waals surface area (Å²) in [5.74, 6) is -0.00155. The van der Waals surface area contributed by atoms with Gasteiger partial charge < -0.3 is 10.9 Å². The molecule has 17 heavy (non-hydrogen) atoms. The highest BCUT2D eigenvalue weighted by atomic mass is 32.2. The van der Waals surface area contributed by atoms with E-state index in [-0.39, 0.29) is 5.84 Å². The van der Waals surface area contributed by atoms with Crippen molar-refractivity contribution in [2.45, 2.75) is 10.1 Å². The number of hydrogen-bond donors (Lipinski definition) is 2. The number of oxime groups is 1. The van der Waals surface area contributed by atoms with E-state index in [9.17, 15) is 0 Å². The van der Waals surface area contributed by atoms with Gasteiger partial charge in [0.1, 0.15) is 10.1 Å². The molecule has 2 aromatic heterocycles. The molecule has 2 aromatic rings. The molecule has 0 spiro atoms. The summed E-state index contributed by atoms with van der Waals surface area (Å²) in [5.41, 5.74) is 6.07. The van der Waals surface area contributed by atoms with Crippen LogP contribution in [0.2, 0.25) is 0 Å². The Bertz CT molecular complexity index is 531. The highest BCUT2D eigenvalue weighted by Crippen LogP contribution is 2.25. The molecule has 0 fully saturated rings. The van der Waals surface area contributed by atoms with Crippen molar-refractivity contribution in [3.8, 4) is 0 Å². The molecule has 0 saturated carbocycles. The summed E-state index contributed by atoms with van der Waals surface area (Å²) in [6.07, 6.45) is 3.16. The lowest BCUT2D eigenvalue weighted by molar-refractivity contribution is 0.318. The van der Waals surface area contributed by atoms with E-state index in [4.69, 9.17) is 10.9 Å². The van der Waals surface area contributed by atoms with Crippen LogP contribution in [0.15, 0.2) is 51.9 Å². The Labute approximate surface area is 102 Å². The Morgan fingerprint density at radius 2 is 2.18 bits per heavy atom. The Balaban J connectivity index is 2.33. The molecule has 0 atom stereocenters. The predicted octanol–water partition coefficient (Wildman–Crippen LogP) is 1.12. The molecular formula is C10H9N5OS. The van der Waals surface area contributed by atoms with Crippen molar-refractivity contribution >= 4 is 17.6 Å². The fourth-order valence-electron chi connectivity index (χ4n) is 1.15. The van der Waals surface area contributed by atoms with Gasteiger partial charge in [-0.2, -0.15) is 5.10 Å². The maximum atomic E-state index is 8.67. The third-order valence-electron chi connectivity index (χ3n) is 1.91. The normalized spacial score (nSPS) is 11.4. The minimum Gasteiger partial charge on any atom is -0.409 e. The fourth-order valence-corrected chi connectivity index (χ4v) is 1.98. The number of nitrogens with zero attached hydrogens (tertiary/aromatic N) is 4. The Kier molecular flexibility index (Phi) is 3.51. The monoisotopic (exact) mass is 247 g/mol. The van der Waals surface area contributed by atoms with Crippen LogP contribution in [0.3, 0.4) is 0 Å². The van der Waals surface area contributed by atoms with Crippen LogP contribution in [0.25, 0.3) is 0 Å². The molecule has 0 aliphatic heterocycles. The van der Waals surface area contributed by atoms with Crippen LogP contribution in [-0.4, -0.2) is 26.2 Å². The Hall–Kier alpha value is -2.15. The molecule has 3 N–H and O–H groups in total. The van der Waals surface area contributed by atoms with Crippen LogP contribution in [0, 0.1) is 0 Å². The molecule has 0 amide bonds. The van der Waals surface area contributed by atoms with Crippen LogP contribution in [-0.2, 0) is 0 Å². The predicted molar refractivity (Wildman–Crippen MR) is 62.9 cm³/mol. The first-order valence-electron chi connectivity index (χ1n) is 4.69. The summed E-state index contributed by atoms with van der Waals surface area (Å²) in [7, 11) is 0. The maximum Gasteiger partial charge on any atom is 0.172 e. The van der Waals surface area contributed by atoms with Crippen LogP contribution in [0.4, 0.5) is 0 Å². The number of aromatic nitrogens is 3. The van der Waals surface area contributed by atoms with E-state index in [1.165, 1.54) is 18.0 Å². The Morgan fingerprint density at radius 3 is 2.88 bits per heavy atom. The van der Waals surface area contributed by atoms with Crippen molar-refractivity contribution in [1.29, 1.82) is 0 Å². The van der Waals surface area contributed by atoms with Crippen molar-refractivity contribution < 1.29 is 5.21 Å². The van der Waals surface area contributed by atoms with Gasteiger partial charge in [-0.3, -0.25) is 0 Å².